The van der Waals surface area contributed by atoms with Crippen LogP contribution in [0.3, 0.4) is 0 Å². The van der Waals surface area contributed by atoms with Gasteiger partial charge in [0, 0.05) is 11.6 Å². The molecule has 6 heteroatoms. The number of rotatable bonds is 5. The second kappa shape index (κ2) is 5.40. The second-order valence-electron chi connectivity index (χ2n) is 4.48. The van der Waals surface area contributed by atoms with Gasteiger partial charge in [-0.2, -0.15) is 0 Å². The maximum absolute atomic E-state index is 9.31. The summed E-state index contributed by atoms with van der Waals surface area (Å²) in [5, 5.41) is 31.6. The van der Waals surface area contributed by atoms with Crippen molar-refractivity contribution < 1.29 is 15.3 Å². The van der Waals surface area contributed by atoms with E-state index in [9.17, 15) is 15.3 Å². The Morgan fingerprint density at radius 1 is 1.11 bits per heavy atom. The van der Waals surface area contributed by atoms with Gasteiger partial charge in [-0.05, 0) is 24.3 Å². The predicted octanol–water partition coefficient (Wildman–Crippen LogP) is -0.0554. The highest BCUT2D eigenvalue weighted by Gasteiger charge is 2.28. The van der Waals surface area contributed by atoms with Gasteiger partial charge >= 0.3 is 0 Å². The summed E-state index contributed by atoms with van der Waals surface area (Å²) in [6, 6.07) is 7.10. The molecule has 0 aliphatic carbocycles. The largest absolute Gasteiger partial charge is 0.397 e. The fourth-order valence-electron chi connectivity index (χ4n) is 1.84. The summed E-state index contributed by atoms with van der Waals surface area (Å²) >= 11 is 0. The van der Waals surface area contributed by atoms with Crippen molar-refractivity contribution in [2.75, 3.05) is 30.9 Å². The molecular formula is C13H17N3O3. The average molecular weight is 263 g/mol. The summed E-state index contributed by atoms with van der Waals surface area (Å²) < 4.78 is 0. The monoisotopic (exact) mass is 263 g/mol. The van der Waals surface area contributed by atoms with Gasteiger partial charge in [0.2, 0.25) is 0 Å². The van der Waals surface area contributed by atoms with Crippen LogP contribution in [0.1, 0.15) is 0 Å². The number of pyridine rings is 1. The molecule has 0 amide bonds. The summed E-state index contributed by atoms with van der Waals surface area (Å²) in [5.74, 6) is 0. The molecule has 0 atom stereocenters. The lowest BCUT2D eigenvalue weighted by atomic mass is 10.0. The molecule has 1 aromatic carbocycles. The number of anilines is 2. The zero-order chi connectivity index (χ0) is 13.9. The molecule has 0 aliphatic rings. The molecule has 1 heterocycles. The first-order valence-corrected chi connectivity index (χ1v) is 5.90. The highest BCUT2D eigenvalue weighted by atomic mass is 16.3. The zero-order valence-electron chi connectivity index (χ0n) is 10.4. The van der Waals surface area contributed by atoms with E-state index in [1.165, 1.54) is 0 Å². The molecule has 19 heavy (non-hydrogen) atoms. The van der Waals surface area contributed by atoms with E-state index >= 15 is 0 Å². The molecule has 0 unspecified atom stereocenters. The van der Waals surface area contributed by atoms with Crippen LogP contribution in [0.5, 0.6) is 0 Å². The first-order chi connectivity index (χ1) is 9.15. The molecule has 1 aromatic heterocycles. The van der Waals surface area contributed by atoms with Gasteiger partial charge in [-0.15, -0.1) is 0 Å². The normalized spacial score (nSPS) is 11.7. The first kappa shape index (κ1) is 13.5. The Kier molecular flexibility index (Phi) is 3.84. The summed E-state index contributed by atoms with van der Waals surface area (Å²) in [5.41, 5.74) is 6.60. The third-order valence-corrected chi connectivity index (χ3v) is 3.13. The molecule has 0 bridgehead atoms. The molecule has 0 fully saturated rings. The van der Waals surface area contributed by atoms with E-state index in [2.05, 4.69) is 10.3 Å². The second-order valence-corrected chi connectivity index (χ2v) is 4.48. The van der Waals surface area contributed by atoms with Gasteiger partial charge in [0.25, 0.3) is 0 Å². The minimum absolute atomic E-state index is 0.412. The van der Waals surface area contributed by atoms with Gasteiger partial charge in [-0.1, -0.05) is 0 Å². The molecular weight excluding hydrogens is 246 g/mol. The van der Waals surface area contributed by atoms with Crippen molar-refractivity contribution in [3.63, 3.8) is 0 Å². The van der Waals surface area contributed by atoms with Crippen molar-refractivity contribution in [1.82, 2.24) is 4.98 Å². The Morgan fingerprint density at radius 3 is 2.42 bits per heavy atom. The van der Waals surface area contributed by atoms with Crippen LogP contribution in [0, 0.1) is 0 Å². The number of aliphatic hydroxyl groups excluding tert-OH is 3. The molecule has 0 spiro atoms. The number of nitrogens with one attached hydrogen (secondary N) is 1. The molecule has 6 N–H and O–H groups in total. The number of fused-ring (bicyclic) bond motifs is 1. The smallest absolute Gasteiger partial charge is 0.107 e. The molecule has 0 aliphatic heterocycles. The fourth-order valence-corrected chi connectivity index (χ4v) is 1.84. The van der Waals surface area contributed by atoms with Gasteiger partial charge in [-0.25, -0.2) is 0 Å². The highest BCUT2D eigenvalue weighted by molar-refractivity contribution is 5.96. The Hall–Kier alpha value is -1.89. The number of nitrogens with zero attached hydrogens (tertiary/aromatic N) is 1. The lowest BCUT2D eigenvalue weighted by Gasteiger charge is -2.30. The highest BCUT2D eigenvalue weighted by Crippen LogP contribution is 2.29. The van der Waals surface area contributed by atoms with Crippen LogP contribution in [0.15, 0.2) is 30.5 Å². The Balaban J connectivity index is 2.43. The SMILES string of the molecule is Nc1c(NC(CO)(CO)CO)ccc2ncccc12. The molecule has 2 aromatic rings. The van der Waals surface area contributed by atoms with E-state index in [1.54, 1.807) is 24.4 Å². The standard InChI is InChI=1S/C13H17N3O3/c14-12-9-2-1-5-15-10(9)3-4-11(12)16-13(6-17,7-18)8-19/h1-5,16-19H,6-8,14H2. The molecule has 0 saturated carbocycles. The minimum Gasteiger partial charge on any atom is -0.397 e. The van der Waals surface area contributed by atoms with Crippen LogP contribution in [-0.4, -0.2) is 45.7 Å². The number of hydrogen-bond acceptors (Lipinski definition) is 6. The maximum atomic E-state index is 9.31. The maximum Gasteiger partial charge on any atom is 0.107 e. The van der Waals surface area contributed by atoms with Crippen molar-refractivity contribution in [3.05, 3.63) is 30.5 Å². The molecule has 0 saturated heterocycles. The quantitative estimate of drug-likeness (QED) is 0.483. The van der Waals surface area contributed by atoms with Crippen molar-refractivity contribution in [1.29, 1.82) is 0 Å². The van der Waals surface area contributed by atoms with Crippen LogP contribution in [-0.2, 0) is 0 Å². The zero-order valence-corrected chi connectivity index (χ0v) is 10.4. The summed E-state index contributed by atoms with van der Waals surface area (Å²) in [6.07, 6.45) is 1.67. The molecule has 0 radical (unpaired) electrons. The Morgan fingerprint density at radius 2 is 1.79 bits per heavy atom. The van der Waals surface area contributed by atoms with E-state index < -0.39 is 25.4 Å². The average Bonchev–Trinajstić information content (AvgIpc) is 2.48. The van der Waals surface area contributed by atoms with E-state index in [4.69, 9.17) is 5.73 Å². The van der Waals surface area contributed by atoms with E-state index in [1.807, 2.05) is 6.07 Å². The topological polar surface area (TPSA) is 112 Å². The van der Waals surface area contributed by atoms with Crippen LogP contribution in [0.2, 0.25) is 0 Å². The Labute approximate surface area is 110 Å². The van der Waals surface area contributed by atoms with Crippen LogP contribution in [0.4, 0.5) is 11.4 Å². The first-order valence-electron chi connectivity index (χ1n) is 5.90. The van der Waals surface area contributed by atoms with Gasteiger partial charge in [0.05, 0.1) is 36.7 Å². The number of hydrogen-bond donors (Lipinski definition) is 5. The molecule has 102 valence electrons. The van der Waals surface area contributed by atoms with E-state index in [-0.39, 0.29) is 0 Å². The van der Waals surface area contributed by atoms with Crippen LogP contribution < -0.4 is 11.1 Å². The van der Waals surface area contributed by atoms with Crippen molar-refractivity contribution >= 4 is 22.3 Å². The van der Waals surface area contributed by atoms with Gasteiger partial charge in [0.1, 0.15) is 5.54 Å². The number of nitrogens with two attached hydrogens (primary N) is 1. The van der Waals surface area contributed by atoms with Gasteiger partial charge in [-0.3, -0.25) is 4.98 Å². The van der Waals surface area contributed by atoms with Gasteiger partial charge < -0.3 is 26.4 Å². The van der Waals surface area contributed by atoms with Crippen molar-refractivity contribution in [2.45, 2.75) is 5.54 Å². The minimum atomic E-state index is -1.20. The number of aliphatic hydroxyl groups is 3. The Bertz CT molecular complexity index is 562. The lowest BCUT2D eigenvalue weighted by molar-refractivity contribution is 0.0834. The third kappa shape index (κ3) is 2.46. The predicted molar refractivity (Wildman–Crippen MR) is 73.8 cm³/mol. The summed E-state index contributed by atoms with van der Waals surface area (Å²) in [4.78, 5) is 4.18. The number of benzene rings is 1. The van der Waals surface area contributed by atoms with Gasteiger partial charge in [0.15, 0.2) is 0 Å². The van der Waals surface area contributed by atoms with E-state index in [0.29, 0.717) is 11.4 Å². The fraction of sp³-hybridized carbons (Fsp3) is 0.308. The number of aromatic nitrogens is 1. The molecule has 6 nitrogen and oxygen atoms in total. The number of nitrogen functional groups attached to an aromatic ring is 1. The van der Waals surface area contributed by atoms with Crippen LogP contribution >= 0.6 is 0 Å². The summed E-state index contributed by atoms with van der Waals surface area (Å²) in [6.45, 7) is -1.24. The lowest BCUT2D eigenvalue weighted by Crippen LogP contribution is -2.49. The van der Waals surface area contributed by atoms with Crippen LogP contribution in [0.25, 0.3) is 10.9 Å². The van der Waals surface area contributed by atoms with Crippen molar-refractivity contribution in [2.24, 2.45) is 0 Å². The van der Waals surface area contributed by atoms with E-state index in [0.717, 1.165) is 10.9 Å². The summed E-state index contributed by atoms with van der Waals surface area (Å²) in [7, 11) is 0. The van der Waals surface area contributed by atoms with Crippen molar-refractivity contribution in [3.8, 4) is 0 Å². The third-order valence-electron chi connectivity index (χ3n) is 3.13. The molecule has 2 rings (SSSR count).